The number of nitrogens with zero attached hydrogens (tertiary/aromatic N) is 2. The fraction of sp³-hybridized carbons (Fsp3) is 0.421. The minimum Gasteiger partial charge on any atom is -0.497 e. The summed E-state index contributed by atoms with van der Waals surface area (Å²) in [5, 5.41) is 7.21. The highest BCUT2D eigenvalue weighted by Gasteiger charge is 2.21. The van der Waals surface area contributed by atoms with Gasteiger partial charge in [0, 0.05) is 24.8 Å². The van der Waals surface area contributed by atoms with Gasteiger partial charge in [0.15, 0.2) is 0 Å². The molecule has 0 radical (unpaired) electrons. The third-order valence-electron chi connectivity index (χ3n) is 4.49. The van der Waals surface area contributed by atoms with Crippen molar-refractivity contribution in [2.75, 3.05) is 20.3 Å². The zero-order valence-corrected chi connectivity index (χ0v) is 15.0. The van der Waals surface area contributed by atoms with Gasteiger partial charge >= 0.3 is 0 Å². The summed E-state index contributed by atoms with van der Waals surface area (Å²) in [5.74, 6) is 0.492. The Morgan fingerprint density at radius 2 is 2.12 bits per heavy atom. The van der Waals surface area contributed by atoms with Gasteiger partial charge < -0.3 is 14.8 Å². The summed E-state index contributed by atoms with van der Waals surface area (Å²) in [7, 11) is 1.60. The van der Waals surface area contributed by atoms with Crippen LogP contribution in [0.1, 0.15) is 25.8 Å². The van der Waals surface area contributed by atoms with Crippen LogP contribution >= 0.6 is 0 Å². The molecule has 0 saturated carbocycles. The molecule has 1 aromatic carbocycles. The Balaban J connectivity index is 1.75. The fourth-order valence-electron chi connectivity index (χ4n) is 2.90. The van der Waals surface area contributed by atoms with E-state index < -0.39 is 6.04 Å². The molecule has 2 unspecified atom stereocenters. The van der Waals surface area contributed by atoms with Crippen molar-refractivity contribution in [1.82, 2.24) is 15.1 Å². The Morgan fingerprint density at radius 1 is 1.35 bits per heavy atom. The zero-order valence-electron chi connectivity index (χ0n) is 15.0. The van der Waals surface area contributed by atoms with Gasteiger partial charge in [0.25, 0.3) is 5.56 Å². The number of amides is 1. The molecule has 26 heavy (non-hydrogen) atoms. The van der Waals surface area contributed by atoms with Crippen LogP contribution in [0.25, 0.3) is 11.3 Å². The number of rotatable bonds is 6. The zero-order chi connectivity index (χ0) is 18.5. The number of methoxy groups -OCH3 is 1. The molecule has 1 N–H and O–H groups in total. The Morgan fingerprint density at radius 3 is 2.77 bits per heavy atom. The fourth-order valence-corrected chi connectivity index (χ4v) is 2.90. The molecule has 138 valence electrons. The van der Waals surface area contributed by atoms with Crippen LogP contribution < -0.4 is 15.6 Å². The van der Waals surface area contributed by atoms with E-state index in [1.165, 1.54) is 10.7 Å². The highest BCUT2D eigenvalue weighted by molar-refractivity contribution is 5.79. The number of hydrogen-bond acceptors (Lipinski definition) is 5. The SMILES string of the molecule is COc1ccc(-c2ccc(=O)n(C(C)C(=O)NCC3CCCO3)n2)cc1. The van der Waals surface area contributed by atoms with Crippen LogP contribution in [0.5, 0.6) is 5.75 Å². The van der Waals surface area contributed by atoms with E-state index >= 15 is 0 Å². The average Bonchev–Trinajstić information content (AvgIpc) is 3.19. The predicted molar refractivity (Wildman–Crippen MR) is 97.2 cm³/mol. The first-order valence-corrected chi connectivity index (χ1v) is 8.72. The van der Waals surface area contributed by atoms with Crippen molar-refractivity contribution in [3.63, 3.8) is 0 Å². The summed E-state index contributed by atoms with van der Waals surface area (Å²) in [6, 6.07) is 9.74. The highest BCUT2D eigenvalue weighted by Crippen LogP contribution is 2.20. The minimum atomic E-state index is -0.706. The summed E-state index contributed by atoms with van der Waals surface area (Å²) in [4.78, 5) is 24.6. The van der Waals surface area contributed by atoms with Gasteiger partial charge in [0.1, 0.15) is 11.8 Å². The van der Waals surface area contributed by atoms with Crippen molar-refractivity contribution in [2.24, 2.45) is 0 Å². The van der Waals surface area contributed by atoms with Crippen LogP contribution in [-0.2, 0) is 9.53 Å². The van der Waals surface area contributed by atoms with Gasteiger partial charge in [-0.3, -0.25) is 9.59 Å². The largest absolute Gasteiger partial charge is 0.497 e. The molecule has 3 rings (SSSR count). The molecule has 2 heterocycles. The smallest absolute Gasteiger partial charge is 0.267 e. The first-order chi connectivity index (χ1) is 12.6. The van der Waals surface area contributed by atoms with Crippen LogP contribution in [0, 0.1) is 0 Å². The number of carbonyl (C=O) groups excluding carboxylic acids is 1. The molecule has 7 nitrogen and oxygen atoms in total. The lowest BCUT2D eigenvalue weighted by atomic mass is 10.1. The molecule has 0 spiro atoms. The van der Waals surface area contributed by atoms with Gasteiger partial charge in [-0.25, -0.2) is 4.68 Å². The van der Waals surface area contributed by atoms with Crippen molar-refractivity contribution < 1.29 is 14.3 Å². The molecule has 1 amide bonds. The molecule has 2 atom stereocenters. The standard InChI is InChI=1S/C19H23N3O4/c1-13(19(24)20-12-16-4-3-11-26-16)22-18(23)10-9-17(21-22)14-5-7-15(25-2)8-6-14/h5-10,13,16H,3-4,11-12H2,1-2H3,(H,20,24). The average molecular weight is 357 g/mol. The van der Waals surface area contributed by atoms with E-state index in [-0.39, 0.29) is 17.6 Å². The monoisotopic (exact) mass is 357 g/mol. The number of nitrogens with one attached hydrogen (secondary N) is 1. The van der Waals surface area contributed by atoms with Crippen LogP contribution in [0.2, 0.25) is 0 Å². The first-order valence-electron chi connectivity index (χ1n) is 8.72. The number of aromatic nitrogens is 2. The second kappa shape index (κ2) is 8.14. The molecule has 2 aromatic rings. The van der Waals surface area contributed by atoms with E-state index in [2.05, 4.69) is 10.4 Å². The van der Waals surface area contributed by atoms with Crippen molar-refractivity contribution >= 4 is 5.91 Å². The van der Waals surface area contributed by atoms with E-state index in [1.807, 2.05) is 24.3 Å². The van der Waals surface area contributed by atoms with E-state index in [0.717, 1.165) is 30.8 Å². The maximum absolute atomic E-state index is 12.4. The quantitative estimate of drug-likeness (QED) is 0.852. The first kappa shape index (κ1) is 18.1. The summed E-state index contributed by atoms with van der Waals surface area (Å²) < 4.78 is 11.9. The Bertz CT molecular complexity index is 810. The summed E-state index contributed by atoms with van der Waals surface area (Å²) in [5.41, 5.74) is 1.14. The number of ether oxygens (including phenoxy) is 2. The van der Waals surface area contributed by atoms with Gasteiger partial charge in [-0.2, -0.15) is 5.10 Å². The molecule has 7 heteroatoms. The normalized spacial score (nSPS) is 17.7. The molecular weight excluding hydrogens is 334 g/mol. The van der Waals surface area contributed by atoms with Gasteiger partial charge in [0.05, 0.1) is 18.9 Å². The Labute approximate surface area is 151 Å². The van der Waals surface area contributed by atoms with Crippen LogP contribution in [0.4, 0.5) is 0 Å². The topological polar surface area (TPSA) is 82.5 Å². The van der Waals surface area contributed by atoms with E-state index in [0.29, 0.717) is 12.2 Å². The Kier molecular flexibility index (Phi) is 5.68. The van der Waals surface area contributed by atoms with E-state index in [1.54, 1.807) is 20.1 Å². The van der Waals surface area contributed by atoms with Crippen molar-refractivity contribution in [3.8, 4) is 17.0 Å². The predicted octanol–water partition coefficient (Wildman–Crippen LogP) is 1.78. The van der Waals surface area contributed by atoms with Crippen molar-refractivity contribution in [2.45, 2.75) is 31.9 Å². The number of benzene rings is 1. The molecule has 1 saturated heterocycles. The van der Waals surface area contributed by atoms with Gasteiger partial charge in [0.2, 0.25) is 5.91 Å². The minimum absolute atomic E-state index is 0.0569. The molecule has 1 aromatic heterocycles. The molecular formula is C19H23N3O4. The summed E-state index contributed by atoms with van der Waals surface area (Å²) >= 11 is 0. The molecule has 0 aliphatic carbocycles. The molecule has 1 fully saturated rings. The van der Waals surface area contributed by atoms with Crippen molar-refractivity contribution in [1.29, 1.82) is 0 Å². The van der Waals surface area contributed by atoms with E-state index in [4.69, 9.17) is 9.47 Å². The lowest BCUT2D eigenvalue weighted by Crippen LogP contribution is -2.39. The highest BCUT2D eigenvalue weighted by atomic mass is 16.5. The summed E-state index contributed by atoms with van der Waals surface area (Å²) in [6.07, 6.45) is 2.02. The van der Waals surface area contributed by atoms with Gasteiger partial charge in [-0.1, -0.05) is 0 Å². The van der Waals surface area contributed by atoms with Crippen molar-refractivity contribution in [3.05, 3.63) is 46.8 Å². The molecule has 1 aliphatic rings. The maximum atomic E-state index is 12.4. The molecule has 1 aliphatic heterocycles. The second-order valence-corrected chi connectivity index (χ2v) is 6.29. The van der Waals surface area contributed by atoms with Gasteiger partial charge in [-0.05, 0) is 50.1 Å². The molecule has 0 bridgehead atoms. The summed E-state index contributed by atoms with van der Waals surface area (Å²) in [6.45, 7) is 2.86. The third kappa shape index (κ3) is 4.11. The number of hydrogen-bond donors (Lipinski definition) is 1. The second-order valence-electron chi connectivity index (χ2n) is 6.29. The number of carbonyl (C=O) groups is 1. The maximum Gasteiger partial charge on any atom is 0.267 e. The van der Waals surface area contributed by atoms with Crippen LogP contribution in [0.15, 0.2) is 41.2 Å². The van der Waals surface area contributed by atoms with Gasteiger partial charge in [-0.15, -0.1) is 0 Å². The van der Waals surface area contributed by atoms with Crippen LogP contribution in [0.3, 0.4) is 0 Å². The third-order valence-corrected chi connectivity index (χ3v) is 4.49. The lowest BCUT2D eigenvalue weighted by molar-refractivity contribution is -0.124. The van der Waals surface area contributed by atoms with Crippen LogP contribution in [-0.4, -0.2) is 42.1 Å². The van der Waals surface area contributed by atoms with E-state index in [9.17, 15) is 9.59 Å². The Hall–Kier alpha value is -2.67. The lowest BCUT2D eigenvalue weighted by Gasteiger charge is -2.16.